The molecule has 0 fully saturated rings. The molecule has 1 N–H and O–H groups in total. The fourth-order valence-corrected chi connectivity index (χ4v) is 2.16. The zero-order chi connectivity index (χ0) is 13.1. The third-order valence-electron chi connectivity index (χ3n) is 2.31. The van der Waals surface area contributed by atoms with Crippen LogP contribution in [0.4, 0.5) is 5.82 Å². The van der Waals surface area contributed by atoms with Crippen LogP contribution in [0, 0.1) is 10.5 Å². The summed E-state index contributed by atoms with van der Waals surface area (Å²) in [4.78, 5) is 19.8. The van der Waals surface area contributed by atoms with E-state index in [1.807, 2.05) is 19.1 Å². The lowest BCUT2D eigenvalue weighted by Crippen LogP contribution is -2.14. The molecular weight excluding hydrogens is 365 g/mol. The maximum absolute atomic E-state index is 12.1. The number of nitrogens with zero attached hydrogens (tertiary/aromatic N) is 2. The Kier molecular flexibility index (Phi) is 4.13. The van der Waals surface area contributed by atoms with Crippen LogP contribution >= 0.6 is 34.2 Å². The Morgan fingerprint density at radius 3 is 2.89 bits per heavy atom. The maximum Gasteiger partial charge on any atom is 0.257 e. The van der Waals surface area contributed by atoms with Crippen molar-refractivity contribution >= 4 is 45.9 Å². The Morgan fingerprint density at radius 1 is 1.39 bits per heavy atom. The van der Waals surface area contributed by atoms with Gasteiger partial charge in [-0.05, 0) is 41.1 Å². The molecule has 0 aliphatic heterocycles. The van der Waals surface area contributed by atoms with Gasteiger partial charge in [-0.2, -0.15) is 0 Å². The Bertz CT molecular complexity index is 604. The Labute approximate surface area is 123 Å². The molecule has 4 nitrogen and oxygen atoms in total. The Balaban J connectivity index is 2.25. The second-order valence-electron chi connectivity index (χ2n) is 3.62. The highest BCUT2D eigenvalue weighted by molar-refractivity contribution is 14.1. The topological polar surface area (TPSA) is 54.9 Å². The van der Waals surface area contributed by atoms with Gasteiger partial charge in [0.15, 0.2) is 0 Å². The smallest absolute Gasteiger partial charge is 0.257 e. The highest BCUT2D eigenvalue weighted by Gasteiger charge is 2.12. The lowest BCUT2D eigenvalue weighted by molar-refractivity contribution is 0.102. The molecule has 0 radical (unpaired) electrons. The van der Waals surface area contributed by atoms with E-state index in [0.29, 0.717) is 16.5 Å². The minimum atomic E-state index is -0.210. The van der Waals surface area contributed by atoms with E-state index >= 15 is 0 Å². The molecule has 0 unspecified atom stereocenters. The molecule has 1 aromatic carbocycles. The van der Waals surface area contributed by atoms with Crippen molar-refractivity contribution in [3.8, 4) is 0 Å². The van der Waals surface area contributed by atoms with Gasteiger partial charge < -0.3 is 5.32 Å². The van der Waals surface area contributed by atoms with Gasteiger partial charge in [-0.1, -0.05) is 23.7 Å². The first-order chi connectivity index (χ1) is 8.58. The number of amides is 1. The van der Waals surface area contributed by atoms with Crippen molar-refractivity contribution < 1.29 is 4.79 Å². The molecule has 2 rings (SSSR count). The minimum absolute atomic E-state index is 0.210. The zero-order valence-electron chi connectivity index (χ0n) is 9.45. The first kappa shape index (κ1) is 13.2. The molecule has 0 spiro atoms. The molecular formula is C12H9ClIN3O. The first-order valence-electron chi connectivity index (χ1n) is 5.12. The minimum Gasteiger partial charge on any atom is -0.306 e. The van der Waals surface area contributed by atoms with Crippen molar-refractivity contribution in [2.75, 3.05) is 5.32 Å². The second kappa shape index (κ2) is 5.62. The summed E-state index contributed by atoms with van der Waals surface area (Å²) in [5, 5.41) is 2.98. The molecule has 1 amide bonds. The quantitative estimate of drug-likeness (QED) is 0.649. The zero-order valence-corrected chi connectivity index (χ0v) is 12.4. The summed E-state index contributed by atoms with van der Waals surface area (Å²) in [6.45, 7) is 1.96. The SMILES string of the molecule is Cc1cccc(C(=O)Nc2cc(Cl)ncn2)c1I. The standard InChI is InChI=1S/C12H9ClIN3O/c1-7-3-2-4-8(11(7)14)12(18)17-10-5-9(13)15-6-16-10/h2-6H,1H3,(H,15,16,17,18). The van der Waals surface area contributed by atoms with E-state index in [4.69, 9.17) is 11.6 Å². The van der Waals surface area contributed by atoms with Crippen LogP contribution in [0.1, 0.15) is 15.9 Å². The van der Waals surface area contributed by atoms with Gasteiger partial charge in [0.05, 0.1) is 5.56 Å². The summed E-state index contributed by atoms with van der Waals surface area (Å²) in [6, 6.07) is 7.08. The van der Waals surface area contributed by atoms with E-state index in [2.05, 4.69) is 37.9 Å². The molecule has 0 aliphatic carbocycles. The van der Waals surface area contributed by atoms with E-state index in [-0.39, 0.29) is 5.91 Å². The lowest BCUT2D eigenvalue weighted by Gasteiger charge is -2.07. The third-order valence-corrected chi connectivity index (χ3v) is 3.95. The normalized spacial score (nSPS) is 10.2. The van der Waals surface area contributed by atoms with Crippen LogP contribution in [-0.4, -0.2) is 15.9 Å². The summed E-state index contributed by atoms with van der Waals surface area (Å²) in [5.41, 5.74) is 1.68. The molecule has 6 heteroatoms. The van der Waals surface area contributed by atoms with Crippen LogP contribution in [0.25, 0.3) is 0 Å². The molecule has 92 valence electrons. The van der Waals surface area contributed by atoms with Gasteiger partial charge >= 0.3 is 0 Å². The average molecular weight is 374 g/mol. The number of carbonyl (C=O) groups is 1. The van der Waals surface area contributed by atoms with Gasteiger partial charge in [0.2, 0.25) is 0 Å². The van der Waals surface area contributed by atoms with Gasteiger partial charge in [-0.25, -0.2) is 9.97 Å². The molecule has 0 aliphatic rings. The molecule has 1 aromatic heterocycles. The van der Waals surface area contributed by atoms with Crippen LogP contribution in [0.5, 0.6) is 0 Å². The third kappa shape index (κ3) is 2.97. The highest BCUT2D eigenvalue weighted by atomic mass is 127. The van der Waals surface area contributed by atoms with Crippen LogP contribution in [0.2, 0.25) is 5.15 Å². The van der Waals surface area contributed by atoms with Crippen LogP contribution in [-0.2, 0) is 0 Å². The molecule has 2 aromatic rings. The van der Waals surface area contributed by atoms with Crippen LogP contribution in [0.3, 0.4) is 0 Å². The van der Waals surface area contributed by atoms with Gasteiger partial charge in [0.25, 0.3) is 5.91 Å². The number of hydrogen-bond acceptors (Lipinski definition) is 3. The van der Waals surface area contributed by atoms with Gasteiger partial charge in [-0.15, -0.1) is 0 Å². The van der Waals surface area contributed by atoms with Crippen molar-refractivity contribution in [1.82, 2.24) is 9.97 Å². The predicted molar refractivity (Wildman–Crippen MR) is 78.9 cm³/mol. The van der Waals surface area contributed by atoms with Gasteiger partial charge in [-0.3, -0.25) is 4.79 Å². The number of aryl methyl sites for hydroxylation is 1. The lowest BCUT2D eigenvalue weighted by atomic mass is 10.1. The number of rotatable bonds is 2. The monoisotopic (exact) mass is 373 g/mol. The van der Waals surface area contributed by atoms with E-state index in [0.717, 1.165) is 9.13 Å². The maximum atomic E-state index is 12.1. The number of hydrogen-bond donors (Lipinski definition) is 1. The van der Waals surface area contributed by atoms with Crippen molar-refractivity contribution in [3.63, 3.8) is 0 Å². The van der Waals surface area contributed by atoms with Gasteiger partial charge in [0, 0.05) is 9.64 Å². The molecule has 0 saturated carbocycles. The number of aromatic nitrogens is 2. The number of carbonyl (C=O) groups excluding carboxylic acids is 1. The van der Waals surface area contributed by atoms with Crippen LogP contribution in [0.15, 0.2) is 30.6 Å². The van der Waals surface area contributed by atoms with E-state index in [1.165, 1.54) is 12.4 Å². The largest absolute Gasteiger partial charge is 0.306 e. The number of anilines is 1. The summed E-state index contributed by atoms with van der Waals surface area (Å²) < 4.78 is 0.924. The van der Waals surface area contributed by atoms with Crippen molar-refractivity contribution in [3.05, 3.63) is 50.4 Å². The fraction of sp³-hybridized carbons (Fsp3) is 0.0833. The Morgan fingerprint density at radius 2 is 2.17 bits per heavy atom. The molecule has 18 heavy (non-hydrogen) atoms. The summed E-state index contributed by atoms with van der Waals surface area (Å²) >= 11 is 7.88. The Hall–Kier alpha value is -1.21. The molecule has 1 heterocycles. The average Bonchev–Trinajstić information content (AvgIpc) is 2.32. The van der Waals surface area contributed by atoms with Gasteiger partial charge in [0.1, 0.15) is 17.3 Å². The second-order valence-corrected chi connectivity index (χ2v) is 5.08. The molecule has 0 bridgehead atoms. The first-order valence-corrected chi connectivity index (χ1v) is 6.57. The number of benzene rings is 1. The summed E-state index contributed by atoms with van der Waals surface area (Å²) in [6.07, 6.45) is 1.30. The predicted octanol–water partition coefficient (Wildman–Crippen LogP) is 3.30. The van der Waals surface area contributed by atoms with Crippen molar-refractivity contribution in [2.24, 2.45) is 0 Å². The molecule has 0 saturated heterocycles. The van der Waals surface area contributed by atoms with Crippen molar-refractivity contribution in [1.29, 1.82) is 0 Å². The van der Waals surface area contributed by atoms with E-state index in [1.54, 1.807) is 6.07 Å². The van der Waals surface area contributed by atoms with E-state index < -0.39 is 0 Å². The molecule has 0 atom stereocenters. The van der Waals surface area contributed by atoms with E-state index in [9.17, 15) is 4.79 Å². The fourth-order valence-electron chi connectivity index (χ4n) is 1.41. The van der Waals surface area contributed by atoms with Crippen LogP contribution < -0.4 is 5.32 Å². The summed E-state index contributed by atoms with van der Waals surface area (Å²) in [7, 11) is 0. The van der Waals surface area contributed by atoms with Crippen molar-refractivity contribution in [2.45, 2.75) is 6.92 Å². The number of nitrogens with one attached hydrogen (secondary N) is 1. The number of halogens is 2. The highest BCUT2D eigenvalue weighted by Crippen LogP contribution is 2.18. The summed E-state index contributed by atoms with van der Waals surface area (Å²) in [5.74, 6) is 0.176.